The van der Waals surface area contributed by atoms with Crippen molar-refractivity contribution in [2.45, 2.75) is 19.3 Å². The summed E-state index contributed by atoms with van der Waals surface area (Å²) in [4.78, 5) is 0. The van der Waals surface area contributed by atoms with Gasteiger partial charge in [-0.3, -0.25) is 0 Å². The molecule has 0 bridgehead atoms. The summed E-state index contributed by atoms with van der Waals surface area (Å²) in [6.07, 6.45) is 7.51. The van der Waals surface area contributed by atoms with Crippen LogP contribution in [0.3, 0.4) is 0 Å². The molecule has 74 valence electrons. The van der Waals surface area contributed by atoms with Crippen LogP contribution in [0.4, 0.5) is 0 Å². The fourth-order valence-corrected chi connectivity index (χ4v) is 2.18. The zero-order valence-corrected chi connectivity index (χ0v) is 8.48. The van der Waals surface area contributed by atoms with Crippen molar-refractivity contribution in [1.29, 1.82) is 0 Å². The van der Waals surface area contributed by atoms with E-state index >= 15 is 0 Å². The number of azo groups is 1. The summed E-state index contributed by atoms with van der Waals surface area (Å²) in [5.74, 6) is 0. The van der Waals surface area contributed by atoms with Gasteiger partial charge in [-0.15, -0.1) is 0 Å². The third kappa shape index (κ3) is 1.42. The average molecular weight is 196 g/mol. The second-order valence-corrected chi connectivity index (χ2v) is 3.89. The van der Waals surface area contributed by atoms with Gasteiger partial charge >= 0.3 is 0 Å². The predicted molar refractivity (Wildman–Crippen MR) is 60.4 cm³/mol. The molecular weight excluding hydrogens is 184 g/mol. The Balaban J connectivity index is 2.43. The van der Waals surface area contributed by atoms with Gasteiger partial charge in [0.05, 0.1) is 11.9 Å². The number of fused-ring (bicyclic) bond motifs is 2. The molecule has 1 aromatic rings. The molecule has 0 spiro atoms. The largest absolute Gasteiger partial charge is 0.158 e. The van der Waals surface area contributed by atoms with E-state index in [-0.39, 0.29) is 0 Å². The minimum atomic E-state index is 1.07. The summed E-state index contributed by atoms with van der Waals surface area (Å²) >= 11 is 0. The van der Waals surface area contributed by atoms with Gasteiger partial charge in [0.1, 0.15) is 0 Å². The molecule has 0 radical (unpaired) electrons. The van der Waals surface area contributed by atoms with Gasteiger partial charge in [-0.05, 0) is 30.1 Å². The highest BCUT2D eigenvalue weighted by Crippen LogP contribution is 2.25. The first-order valence-electron chi connectivity index (χ1n) is 5.35. The van der Waals surface area contributed by atoms with E-state index in [0.717, 1.165) is 18.5 Å². The standard InChI is InChI=1S/C13H12N2/c1-2-6-11-10(5-1)9-14-15-13-8-4-3-7-12(11)13/h1-2,5-6,8-9H,3-4,7H2. The number of rotatable bonds is 0. The monoisotopic (exact) mass is 196 g/mol. The average Bonchev–Trinajstić information content (AvgIpc) is 2.48. The van der Waals surface area contributed by atoms with Crippen molar-refractivity contribution in [3.63, 3.8) is 0 Å². The highest BCUT2D eigenvalue weighted by molar-refractivity contribution is 5.65. The van der Waals surface area contributed by atoms with E-state index in [1.54, 1.807) is 0 Å². The lowest BCUT2D eigenvalue weighted by atomic mass is 9.96. The van der Waals surface area contributed by atoms with Crippen molar-refractivity contribution in [1.82, 2.24) is 0 Å². The molecule has 1 aromatic carbocycles. The summed E-state index contributed by atoms with van der Waals surface area (Å²) in [7, 11) is 0. The lowest BCUT2D eigenvalue weighted by Crippen LogP contribution is -2.26. The SMILES string of the molecule is C1=C2N=NC=c3ccccc3=C2CCC1. The number of nitrogens with zero attached hydrogens (tertiary/aromatic N) is 2. The van der Waals surface area contributed by atoms with Crippen molar-refractivity contribution < 1.29 is 0 Å². The van der Waals surface area contributed by atoms with Gasteiger partial charge in [-0.25, -0.2) is 0 Å². The summed E-state index contributed by atoms with van der Waals surface area (Å²) in [5, 5.41) is 10.8. The van der Waals surface area contributed by atoms with Crippen LogP contribution in [0.1, 0.15) is 19.3 Å². The van der Waals surface area contributed by atoms with E-state index in [0.29, 0.717) is 0 Å². The molecule has 15 heavy (non-hydrogen) atoms. The number of benzene rings is 1. The maximum absolute atomic E-state index is 4.25. The third-order valence-corrected chi connectivity index (χ3v) is 2.93. The van der Waals surface area contributed by atoms with Crippen LogP contribution in [0.15, 0.2) is 46.3 Å². The molecule has 0 saturated carbocycles. The van der Waals surface area contributed by atoms with Gasteiger partial charge in [-0.1, -0.05) is 30.3 Å². The van der Waals surface area contributed by atoms with Gasteiger partial charge in [0.15, 0.2) is 0 Å². The first-order chi connectivity index (χ1) is 7.45. The normalized spacial score (nSPS) is 18.4. The molecule has 0 aromatic heterocycles. The van der Waals surface area contributed by atoms with Crippen LogP contribution in [0.2, 0.25) is 0 Å². The Morgan fingerprint density at radius 3 is 3.07 bits per heavy atom. The number of allylic oxidation sites excluding steroid dienone is 2. The molecule has 0 atom stereocenters. The van der Waals surface area contributed by atoms with Crippen LogP contribution in [-0.4, -0.2) is 0 Å². The number of hydrogen-bond donors (Lipinski definition) is 0. The summed E-state index contributed by atoms with van der Waals surface area (Å²) in [6, 6.07) is 8.38. The van der Waals surface area contributed by atoms with Crippen LogP contribution >= 0.6 is 0 Å². The lowest BCUT2D eigenvalue weighted by molar-refractivity contribution is 0.837. The topological polar surface area (TPSA) is 24.7 Å². The van der Waals surface area contributed by atoms with Gasteiger partial charge < -0.3 is 0 Å². The maximum Gasteiger partial charge on any atom is 0.0855 e. The summed E-state index contributed by atoms with van der Waals surface area (Å²) < 4.78 is 0. The number of hydrogen-bond acceptors (Lipinski definition) is 2. The minimum absolute atomic E-state index is 1.07. The predicted octanol–water partition coefficient (Wildman–Crippen LogP) is 2.11. The van der Waals surface area contributed by atoms with Crippen molar-refractivity contribution in [3.05, 3.63) is 46.5 Å². The Hall–Kier alpha value is -1.70. The van der Waals surface area contributed by atoms with Gasteiger partial charge in [0, 0.05) is 5.22 Å². The second-order valence-electron chi connectivity index (χ2n) is 3.89. The van der Waals surface area contributed by atoms with Crippen molar-refractivity contribution in [2.75, 3.05) is 0 Å². The lowest BCUT2D eigenvalue weighted by Gasteiger charge is -2.11. The summed E-state index contributed by atoms with van der Waals surface area (Å²) in [6.45, 7) is 0. The Kier molecular flexibility index (Phi) is 1.98. The Bertz CT molecular complexity index is 564. The van der Waals surface area contributed by atoms with Gasteiger partial charge in [-0.2, -0.15) is 10.2 Å². The van der Waals surface area contributed by atoms with Gasteiger partial charge in [0.25, 0.3) is 0 Å². The van der Waals surface area contributed by atoms with E-state index in [1.165, 1.54) is 22.4 Å². The molecular formula is C13H12N2. The van der Waals surface area contributed by atoms with E-state index in [9.17, 15) is 0 Å². The zero-order valence-electron chi connectivity index (χ0n) is 8.48. The van der Waals surface area contributed by atoms with Crippen LogP contribution in [0, 0.1) is 0 Å². The molecule has 0 unspecified atom stereocenters. The van der Waals surface area contributed by atoms with E-state index in [2.05, 4.69) is 34.5 Å². The molecule has 0 fully saturated rings. The van der Waals surface area contributed by atoms with Crippen molar-refractivity contribution >= 4 is 11.8 Å². The fraction of sp³-hybridized carbons (Fsp3) is 0.231. The maximum atomic E-state index is 4.25. The van der Waals surface area contributed by atoms with E-state index in [4.69, 9.17) is 0 Å². The molecule has 3 rings (SSSR count). The Morgan fingerprint density at radius 2 is 2.07 bits per heavy atom. The second kappa shape index (κ2) is 3.46. The van der Waals surface area contributed by atoms with E-state index < -0.39 is 0 Å². The van der Waals surface area contributed by atoms with Crippen LogP contribution in [0.5, 0.6) is 0 Å². The first-order valence-corrected chi connectivity index (χ1v) is 5.35. The first kappa shape index (κ1) is 8.60. The molecule has 2 heteroatoms. The van der Waals surface area contributed by atoms with Crippen LogP contribution in [0.25, 0.3) is 11.8 Å². The highest BCUT2D eigenvalue weighted by Gasteiger charge is 2.11. The third-order valence-electron chi connectivity index (χ3n) is 2.93. The van der Waals surface area contributed by atoms with Crippen LogP contribution < -0.4 is 10.4 Å². The molecule has 1 aliphatic heterocycles. The van der Waals surface area contributed by atoms with Crippen molar-refractivity contribution in [3.8, 4) is 0 Å². The minimum Gasteiger partial charge on any atom is -0.158 e. The molecule has 0 amide bonds. The molecule has 0 saturated heterocycles. The van der Waals surface area contributed by atoms with Gasteiger partial charge in [0.2, 0.25) is 0 Å². The molecule has 2 nitrogen and oxygen atoms in total. The summed E-state index contributed by atoms with van der Waals surface area (Å²) in [5.41, 5.74) is 2.43. The zero-order chi connectivity index (χ0) is 10.1. The highest BCUT2D eigenvalue weighted by atomic mass is 15.1. The fourth-order valence-electron chi connectivity index (χ4n) is 2.18. The van der Waals surface area contributed by atoms with E-state index in [1.807, 2.05) is 12.3 Å². The quantitative estimate of drug-likeness (QED) is 0.607. The Morgan fingerprint density at radius 1 is 1.13 bits per heavy atom. The Labute approximate surface area is 88.4 Å². The molecule has 1 heterocycles. The molecule has 0 N–H and O–H groups in total. The smallest absolute Gasteiger partial charge is 0.0855 e. The van der Waals surface area contributed by atoms with Crippen LogP contribution in [-0.2, 0) is 0 Å². The van der Waals surface area contributed by atoms with Crippen molar-refractivity contribution in [2.24, 2.45) is 10.2 Å². The molecule has 2 aliphatic rings. The molecule has 1 aliphatic carbocycles.